The number of hydrogen-bond donors (Lipinski definition) is 1. The summed E-state index contributed by atoms with van der Waals surface area (Å²) in [4.78, 5) is 7.05. The number of aliphatic hydroxyl groups excluding tert-OH is 1. The lowest BCUT2D eigenvalue weighted by Gasteiger charge is -2.39. The number of nitrogens with zero attached hydrogens (tertiary/aromatic N) is 2. The first-order valence-electron chi connectivity index (χ1n) is 7.04. The van der Waals surface area contributed by atoms with E-state index >= 15 is 0 Å². The highest BCUT2D eigenvalue weighted by Crippen LogP contribution is 2.26. The van der Waals surface area contributed by atoms with Crippen LogP contribution in [0.15, 0.2) is 30.3 Å². The highest BCUT2D eigenvalue weighted by atomic mass is 16.5. The number of aliphatic hydroxyl groups is 1. The van der Waals surface area contributed by atoms with Crippen LogP contribution in [-0.4, -0.2) is 42.0 Å². The van der Waals surface area contributed by atoms with Crippen molar-refractivity contribution < 1.29 is 9.84 Å². The van der Waals surface area contributed by atoms with E-state index in [0.717, 1.165) is 22.3 Å². The number of fused-ring (bicyclic) bond motifs is 1. The van der Waals surface area contributed by atoms with E-state index in [-0.39, 0.29) is 18.8 Å². The van der Waals surface area contributed by atoms with E-state index in [4.69, 9.17) is 9.72 Å². The molecule has 2 atom stereocenters. The topological polar surface area (TPSA) is 45.6 Å². The summed E-state index contributed by atoms with van der Waals surface area (Å²) in [5, 5.41) is 10.5. The zero-order chi connectivity index (χ0) is 14.1. The Balaban J connectivity index is 2.01. The number of anilines is 1. The Kier molecular flexibility index (Phi) is 3.59. The third-order valence-electron chi connectivity index (χ3n) is 3.87. The molecule has 1 saturated heterocycles. The molecule has 1 aromatic heterocycles. The van der Waals surface area contributed by atoms with Crippen molar-refractivity contribution in [1.29, 1.82) is 0 Å². The Morgan fingerprint density at radius 2 is 2.20 bits per heavy atom. The Morgan fingerprint density at radius 3 is 3.00 bits per heavy atom. The lowest BCUT2D eigenvalue weighted by atomic mass is 10.1. The molecule has 0 saturated carbocycles. The van der Waals surface area contributed by atoms with Crippen LogP contribution in [0.4, 0.5) is 5.82 Å². The fourth-order valence-electron chi connectivity index (χ4n) is 2.73. The Morgan fingerprint density at radius 1 is 1.40 bits per heavy atom. The molecular weight excluding hydrogens is 252 g/mol. The van der Waals surface area contributed by atoms with Gasteiger partial charge in [0.2, 0.25) is 0 Å². The molecule has 1 aromatic carbocycles. The quantitative estimate of drug-likeness (QED) is 0.909. The van der Waals surface area contributed by atoms with E-state index in [1.165, 1.54) is 0 Å². The summed E-state index contributed by atoms with van der Waals surface area (Å²) in [7, 11) is 0. The Labute approximate surface area is 119 Å². The van der Waals surface area contributed by atoms with E-state index < -0.39 is 0 Å². The van der Waals surface area contributed by atoms with Crippen LogP contribution in [0.25, 0.3) is 10.9 Å². The maximum absolute atomic E-state index is 9.31. The fraction of sp³-hybridized carbons (Fsp3) is 0.438. The molecule has 106 valence electrons. The molecule has 2 heterocycles. The molecule has 0 radical (unpaired) electrons. The number of para-hydroxylation sites is 1. The second kappa shape index (κ2) is 5.38. The fourth-order valence-corrected chi connectivity index (χ4v) is 2.73. The van der Waals surface area contributed by atoms with Crippen LogP contribution < -0.4 is 4.90 Å². The number of morpholine rings is 1. The molecule has 20 heavy (non-hydrogen) atoms. The summed E-state index contributed by atoms with van der Waals surface area (Å²) in [6, 6.07) is 10.6. The zero-order valence-corrected chi connectivity index (χ0v) is 11.9. The van der Waals surface area contributed by atoms with Gasteiger partial charge in [0.1, 0.15) is 5.82 Å². The van der Waals surface area contributed by atoms with Gasteiger partial charge in [0.25, 0.3) is 0 Å². The van der Waals surface area contributed by atoms with E-state index in [1.54, 1.807) is 0 Å². The van der Waals surface area contributed by atoms with Crippen molar-refractivity contribution in [2.45, 2.75) is 26.0 Å². The number of benzene rings is 1. The third kappa shape index (κ3) is 2.37. The van der Waals surface area contributed by atoms with Crippen molar-refractivity contribution in [2.75, 3.05) is 24.7 Å². The van der Waals surface area contributed by atoms with E-state index in [2.05, 4.69) is 30.9 Å². The molecule has 1 aliphatic rings. The van der Waals surface area contributed by atoms with Crippen LogP contribution in [0.3, 0.4) is 0 Å². The average molecular weight is 272 g/mol. The minimum Gasteiger partial charge on any atom is -0.394 e. The van der Waals surface area contributed by atoms with Crippen LogP contribution >= 0.6 is 0 Å². The highest BCUT2D eigenvalue weighted by Gasteiger charge is 2.27. The Hall–Kier alpha value is -1.65. The number of aryl methyl sites for hydroxylation is 1. The van der Waals surface area contributed by atoms with Crippen LogP contribution in [0.5, 0.6) is 0 Å². The molecule has 0 bridgehead atoms. The summed E-state index contributed by atoms with van der Waals surface area (Å²) < 4.78 is 5.60. The second-order valence-corrected chi connectivity index (χ2v) is 5.46. The van der Waals surface area contributed by atoms with Crippen molar-refractivity contribution in [3.8, 4) is 0 Å². The van der Waals surface area contributed by atoms with Crippen LogP contribution in [0.2, 0.25) is 0 Å². The largest absolute Gasteiger partial charge is 0.394 e. The molecule has 1 fully saturated rings. The van der Waals surface area contributed by atoms with Gasteiger partial charge in [-0.15, -0.1) is 0 Å². The van der Waals surface area contributed by atoms with Gasteiger partial charge in [-0.05, 0) is 31.5 Å². The monoisotopic (exact) mass is 272 g/mol. The molecule has 1 aliphatic heterocycles. The molecule has 2 unspecified atom stereocenters. The van der Waals surface area contributed by atoms with Gasteiger partial charge in [-0.1, -0.05) is 18.2 Å². The Bertz CT molecular complexity index is 614. The molecule has 0 amide bonds. The molecule has 3 rings (SSSR count). The number of aromatic nitrogens is 1. The molecule has 0 spiro atoms. The van der Waals surface area contributed by atoms with Crippen LogP contribution in [0, 0.1) is 6.92 Å². The summed E-state index contributed by atoms with van der Waals surface area (Å²) in [6.07, 6.45) is -0.126. The van der Waals surface area contributed by atoms with Gasteiger partial charge in [-0.2, -0.15) is 0 Å². The molecule has 0 aliphatic carbocycles. The smallest absolute Gasteiger partial charge is 0.132 e. The average Bonchev–Trinajstić information content (AvgIpc) is 2.47. The SMILES string of the molecule is Cc1cc2ccccc2nc1N1CC(CO)OCC1C. The highest BCUT2D eigenvalue weighted by molar-refractivity contribution is 5.81. The minimum atomic E-state index is -0.126. The lowest BCUT2D eigenvalue weighted by Crippen LogP contribution is -2.50. The zero-order valence-electron chi connectivity index (χ0n) is 11.9. The first-order chi connectivity index (χ1) is 9.69. The number of rotatable bonds is 2. The van der Waals surface area contributed by atoms with Crippen molar-refractivity contribution in [2.24, 2.45) is 0 Å². The molecule has 4 heteroatoms. The van der Waals surface area contributed by atoms with Crippen LogP contribution in [0.1, 0.15) is 12.5 Å². The van der Waals surface area contributed by atoms with Gasteiger partial charge in [0.15, 0.2) is 0 Å². The van der Waals surface area contributed by atoms with E-state index in [1.807, 2.05) is 18.2 Å². The summed E-state index contributed by atoms with van der Waals surface area (Å²) >= 11 is 0. The van der Waals surface area contributed by atoms with Gasteiger partial charge < -0.3 is 14.7 Å². The standard InChI is InChI=1S/C16H20N2O2/c1-11-7-13-5-3-4-6-15(13)17-16(11)18-8-14(9-19)20-10-12(18)2/h3-7,12,14,19H,8-10H2,1-2H3. The predicted octanol–water partition coefficient (Wildman–Crippen LogP) is 2.13. The van der Waals surface area contributed by atoms with E-state index in [0.29, 0.717) is 13.2 Å². The summed E-state index contributed by atoms with van der Waals surface area (Å²) in [5.74, 6) is 0.998. The maximum Gasteiger partial charge on any atom is 0.132 e. The van der Waals surface area contributed by atoms with Gasteiger partial charge in [0, 0.05) is 11.9 Å². The second-order valence-electron chi connectivity index (χ2n) is 5.46. The summed E-state index contributed by atoms with van der Waals surface area (Å²) in [6.45, 7) is 5.58. The van der Waals surface area contributed by atoms with Crippen molar-refractivity contribution >= 4 is 16.7 Å². The van der Waals surface area contributed by atoms with Gasteiger partial charge >= 0.3 is 0 Å². The molecule has 1 N–H and O–H groups in total. The maximum atomic E-state index is 9.31. The number of ether oxygens (including phenoxy) is 1. The van der Waals surface area contributed by atoms with Gasteiger partial charge in [-0.3, -0.25) is 0 Å². The van der Waals surface area contributed by atoms with Crippen molar-refractivity contribution in [3.63, 3.8) is 0 Å². The first kappa shape index (κ1) is 13.3. The van der Waals surface area contributed by atoms with Crippen molar-refractivity contribution in [3.05, 3.63) is 35.9 Å². The number of hydrogen-bond acceptors (Lipinski definition) is 4. The van der Waals surface area contributed by atoms with Gasteiger partial charge in [-0.25, -0.2) is 4.98 Å². The van der Waals surface area contributed by atoms with Crippen molar-refractivity contribution in [1.82, 2.24) is 4.98 Å². The number of pyridine rings is 1. The predicted molar refractivity (Wildman–Crippen MR) is 80.1 cm³/mol. The minimum absolute atomic E-state index is 0.0514. The first-order valence-corrected chi connectivity index (χ1v) is 7.04. The van der Waals surface area contributed by atoms with Gasteiger partial charge in [0.05, 0.1) is 30.9 Å². The normalized spacial score (nSPS) is 23.2. The molecule has 4 nitrogen and oxygen atoms in total. The summed E-state index contributed by atoms with van der Waals surface area (Å²) in [5.41, 5.74) is 2.17. The molecule has 2 aromatic rings. The third-order valence-corrected chi connectivity index (χ3v) is 3.87. The lowest BCUT2D eigenvalue weighted by molar-refractivity contribution is -0.0105. The molecular formula is C16H20N2O2. The van der Waals surface area contributed by atoms with Crippen LogP contribution in [-0.2, 0) is 4.74 Å². The van der Waals surface area contributed by atoms with E-state index in [9.17, 15) is 5.11 Å².